The molecule has 0 N–H and O–H groups in total. The summed E-state index contributed by atoms with van der Waals surface area (Å²) in [6.07, 6.45) is 3.01. The maximum atomic E-state index is 15.6. The van der Waals surface area contributed by atoms with Crippen molar-refractivity contribution in [1.82, 2.24) is 29.4 Å². The fourth-order valence-electron chi connectivity index (χ4n) is 6.23. The van der Waals surface area contributed by atoms with Gasteiger partial charge in [-0.15, -0.1) is 0 Å². The molecule has 0 saturated carbocycles. The zero-order valence-corrected chi connectivity index (χ0v) is 29.6. The van der Waals surface area contributed by atoms with Gasteiger partial charge in [0.2, 0.25) is 0 Å². The van der Waals surface area contributed by atoms with Crippen LogP contribution in [0.1, 0.15) is 65.0 Å². The van der Waals surface area contributed by atoms with Crippen LogP contribution in [-0.4, -0.2) is 57.5 Å². The number of carbonyl (C=O) groups is 1. The lowest BCUT2D eigenvalue weighted by Gasteiger charge is -2.21. The van der Waals surface area contributed by atoms with Crippen molar-refractivity contribution >= 4 is 24.7 Å². The van der Waals surface area contributed by atoms with E-state index in [0.29, 0.717) is 44.7 Å². The second-order valence-corrected chi connectivity index (χ2v) is 13.7. The van der Waals surface area contributed by atoms with E-state index in [9.17, 15) is 14.4 Å². The first-order chi connectivity index (χ1) is 24.3. The molecule has 3 aromatic carbocycles. The first-order valence-corrected chi connectivity index (χ1v) is 16.4. The number of benzene rings is 3. The van der Waals surface area contributed by atoms with Crippen LogP contribution in [0.15, 0.2) is 101 Å². The van der Waals surface area contributed by atoms with E-state index in [4.69, 9.17) is 4.65 Å². The van der Waals surface area contributed by atoms with E-state index >= 15 is 4.39 Å². The second-order valence-electron chi connectivity index (χ2n) is 13.7. The van der Waals surface area contributed by atoms with Crippen LogP contribution in [0.5, 0.6) is 0 Å². The molecule has 0 fully saturated rings. The summed E-state index contributed by atoms with van der Waals surface area (Å²) < 4.78 is 23.6. The molecule has 3 aromatic heterocycles. The zero-order valence-electron chi connectivity index (χ0n) is 29.6. The number of pyridine rings is 1. The fourth-order valence-corrected chi connectivity index (χ4v) is 6.23. The van der Waals surface area contributed by atoms with E-state index in [1.54, 1.807) is 57.5 Å². The minimum atomic E-state index is -0.618. The minimum absolute atomic E-state index is 0.0635. The third-order valence-corrected chi connectivity index (χ3v) is 8.92. The fraction of sp³-hybridized carbons (Fsp3) is 0.231. The summed E-state index contributed by atoms with van der Waals surface area (Å²) in [7, 11) is 6.45. The van der Waals surface area contributed by atoms with Crippen molar-refractivity contribution in [2.45, 2.75) is 38.7 Å². The molecule has 0 aliphatic carbocycles. The van der Waals surface area contributed by atoms with Gasteiger partial charge < -0.3 is 9.55 Å². The number of fused-ring (bicyclic) bond motifs is 1. The minimum Gasteiger partial charge on any atom is -0.440 e. The maximum absolute atomic E-state index is 15.6. The van der Waals surface area contributed by atoms with Crippen LogP contribution >= 0.6 is 0 Å². The molecule has 0 radical (unpaired) electrons. The van der Waals surface area contributed by atoms with Crippen molar-refractivity contribution < 1.29 is 13.8 Å². The van der Waals surface area contributed by atoms with Gasteiger partial charge in [0.05, 0.1) is 46.7 Å². The van der Waals surface area contributed by atoms with Crippen molar-refractivity contribution in [1.29, 1.82) is 0 Å². The Morgan fingerprint density at radius 3 is 2.35 bits per heavy atom. The van der Waals surface area contributed by atoms with Crippen molar-refractivity contribution in [3.63, 3.8) is 0 Å². The van der Waals surface area contributed by atoms with Gasteiger partial charge in [0.15, 0.2) is 0 Å². The second kappa shape index (κ2) is 13.9. The van der Waals surface area contributed by atoms with Crippen LogP contribution < -0.4 is 11.1 Å². The summed E-state index contributed by atoms with van der Waals surface area (Å²) in [5.41, 5.74) is 3.70. The van der Waals surface area contributed by atoms with Gasteiger partial charge in [0.25, 0.3) is 25.1 Å². The highest BCUT2D eigenvalue weighted by atomic mass is 19.1. The lowest BCUT2D eigenvalue weighted by molar-refractivity contribution is 0.0827. The van der Waals surface area contributed by atoms with Gasteiger partial charge in [-0.1, -0.05) is 63.2 Å². The largest absolute Gasteiger partial charge is 0.440 e. The van der Waals surface area contributed by atoms with Gasteiger partial charge in [0.1, 0.15) is 5.82 Å². The Kier molecular flexibility index (Phi) is 9.55. The molecule has 12 heteroatoms. The van der Waals surface area contributed by atoms with Crippen LogP contribution in [-0.2, 0) is 23.7 Å². The molecule has 258 valence electrons. The Morgan fingerprint density at radius 1 is 0.961 bits per heavy atom. The first kappa shape index (κ1) is 35.1. The van der Waals surface area contributed by atoms with Crippen molar-refractivity contribution in [2.75, 3.05) is 14.1 Å². The molecule has 6 aromatic rings. The molecule has 0 aliphatic heterocycles. The quantitative estimate of drug-likeness (QED) is 0.209. The molecule has 51 heavy (non-hydrogen) atoms. The predicted molar refractivity (Wildman–Crippen MR) is 197 cm³/mol. The highest BCUT2D eigenvalue weighted by Crippen LogP contribution is 2.33. The summed E-state index contributed by atoms with van der Waals surface area (Å²) >= 11 is 0. The number of aryl methyl sites for hydroxylation is 1. The van der Waals surface area contributed by atoms with Gasteiger partial charge in [0, 0.05) is 49.4 Å². The van der Waals surface area contributed by atoms with Crippen LogP contribution in [0, 0.1) is 5.82 Å². The Hall–Kier alpha value is -5.75. The average Bonchev–Trinajstić information content (AvgIpc) is 3.10. The number of halogens is 1. The molecule has 0 saturated heterocycles. The molecule has 10 nitrogen and oxygen atoms in total. The lowest BCUT2D eigenvalue weighted by Crippen LogP contribution is -2.27. The van der Waals surface area contributed by atoms with E-state index in [2.05, 4.69) is 15.2 Å². The molecule has 0 aliphatic rings. The monoisotopic (exact) mass is 684 g/mol. The standard InChI is InChI=1S/C39H38BFN6O4/c1-39(2,3)26-17-25-21-43-47(38(50)35(25)30(41)18-26)33-14-10-13-27(29(33)22-51-40)32-19-28(37(49)46(6)44-32)34(23-11-8-7-9-12-23)31-16-15-24(20-42-31)36(48)45(4)5/h7-21,34H,22,40H2,1-6H3. The topological polar surface area (TPSA) is 112 Å². The summed E-state index contributed by atoms with van der Waals surface area (Å²) in [6, 6.07) is 23.2. The zero-order chi connectivity index (χ0) is 36.6. The van der Waals surface area contributed by atoms with E-state index in [1.165, 1.54) is 40.8 Å². The molecule has 6 rings (SSSR count). The van der Waals surface area contributed by atoms with Gasteiger partial charge in [-0.05, 0) is 52.9 Å². The number of aromatic nitrogens is 5. The Balaban J connectivity index is 1.53. The van der Waals surface area contributed by atoms with E-state index in [0.717, 1.165) is 11.1 Å². The summed E-state index contributed by atoms with van der Waals surface area (Å²) in [5, 5.41) is 9.46. The number of rotatable bonds is 8. The number of amides is 1. The van der Waals surface area contributed by atoms with E-state index in [1.807, 2.05) is 57.2 Å². The molecule has 3 heterocycles. The Labute approximate surface area is 295 Å². The smallest absolute Gasteiger partial charge is 0.282 e. The van der Waals surface area contributed by atoms with Crippen molar-refractivity contribution in [3.05, 3.63) is 151 Å². The van der Waals surface area contributed by atoms with Crippen LogP contribution in [0.2, 0.25) is 0 Å². The van der Waals surface area contributed by atoms with Gasteiger partial charge in [-0.3, -0.25) is 19.4 Å². The Bertz CT molecular complexity index is 2390. The van der Waals surface area contributed by atoms with E-state index in [-0.39, 0.29) is 28.9 Å². The molecule has 1 atom stereocenters. The van der Waals surface area contributed by atoms with Crippen molar-refractivity contribution in [2.24, 2.45) is 7.05 Å². The predicted octanol–water partition coefficient (Wildman–Crippen LogP) is 4.92. The molecule has 0 bridgehead atoms. The number of carbonyl (C=O) groups excluding carboxylic acids is 1. The molecule has 1 amide bonds. The number of hydrogen-bond acceptors (Lipinski definition) is 7. The normalized spacial score (nSPS) is 12.2. The first-order valence-electron chi connectivity index (χ1n) is 16.4. The average molecular weight is 685 g/mol. The lowest BCUT2D eigenvalue weighted by atomic mass is 9.86. The molecular formula is C39H38BFN6O4. The van der Waals surface area contributed by atoms with Gasteiger partial charge in [-0.2, -0.15) is 14.9 Å². The summed E-state index contributed by atoms with van der Waals surface area (Å²) in [6.45, 7) is 6.00. The van der Waals surface area contributed by atoms with Crippen LogP contribution in [0.4, 0.5) is 4.39 Å². The molecule has 0 spiro atoms. The molecule has 1 unspecified atom stereocenters. The third kappa shape index (κ3) is 6.74. The SMILES string of the molecule is BOCc1c(-c2cc(C(c3ccccc3)c3ccc(C(=O)N(C)C)cn3)c(=O)n(C)n2)cccc1-n1ncc2cc(C(C)(C)C)cc(F)c2c1=O. The highest BCUT2D eigenvalue weighted by molar-refractivity contribution is 5.98. The number of nitrogens with zero attached hydrogens (tertiary/aromatic N) is 6. The van der Waals surface area contributed by atoms with Gasteiger partial charge >= 0.3 is 0 Å². The summed E-state index contributed by atoms with van der Waals surface area (Å²) in [5.74, 6) is -1.41. The van der Waals surface area contributed by atoms with Gasteiger partial charge in [-0.25, -0.2) is 9.07 Å². The summed E-state index contributed by atoms with van der Waals surface area (Å²) in [4.78, 5) is 46.5. The van der Waals surface area contributed by atoms with Crippen LogP contribution in [0.3, 0.4) is 0 Å². The highest BCUT2D eigenvalue weighted by Gasteiger charge is 2.26. The number of hydrogen-bond donors (Lipinski definition) is 0. The maximum Gasteiger partial charge on any atom is 0.282 e. The van der Waals surface area contributed by atoms with Crippen LogP contribution in [0.25, 0.3) is 27.7 Å². The van der Waals surface area contributed by atoms with Crippen molar-refractivity contribution in [3.8, 4) is 16.9 Å². The molecular weight excluding hydrogens is 646 g/mol. The van der Waals surface area contributed by atoms with E-state index < -0.39 is 17.3 Å². The third-order valence-electron chi connectivity index (χ3n) is 8.92. The Morgan fingerprint density at radius 2 is 1.71 bits per heavy atom.